The van der Waals surface area contributed by atoms with Gasteiger partial charge in [0.1, 0.15) is 54.4 Å². The third-order valence-electron chi connectivity index (χ3n) is 16.5. The van der Waals surface area contributed by atoms with Crippen LogP contribution in [0.1, 0.15) is 134 Å². The van der Waals surface area contributed by atoms with Crippen LogP contribution in [-0.2, 0) is 68.7 Å². The van der Waals surface area contributed by atoms with E-state index in [0.29, 0.717) is 55.4 Å². The number of primary amides is 2. The number of benzene rings is 2. The van der Waals surface area contributed by atoms with Gasteiger partial charge in [0.25, 0.3) is 0 Å². The lowest BCUT2D eigenvalue weighted by Gasteiger charge is -2.32. The first kappa shape index (κ1) is 79.5. The zero-order chi connectivity index (χ0) is 71.0. The van der Waals surface area contributed by atoms with Gasteiger partial charge in [0.15, 0.2) is 5.96 Å². The summed E-state index contributed by atoms with van der Waals surface area (Å²) in [5.41, 5.74) is 35.1. The van der Waals surface area contributed by atoms with Gasteiger partial charge in [0.05, 0.1) is 12.6 Å². The summed E-state index contributed by atoms with van der Waals surface area (Å²) in [6.45, 7) is 5.45. The van der Waals surface area contributed by atoms with E-state index in [1.807, 2.05) is 20.1 Å². The molecule has 21 N–H and O–H groups in total. The Hall–Kier alpha value is -8.91. The summed E-state index contributed by atoms with van der Waals surface area (Å²) in [7, 11) is 0. The smallest absolute Gasteiger partial charge is 0.303 e. The molecule has 2 aliphatic rings. The van der Waals surface area contributed by atoms with E-state index in [1.165, 1.54) is 21.6 Å². The quantitative estimate of drug-likeness (QED) is 0.0185. The van der Waals surface area contributed by atoms with E-state index >= 15 is 0 Å². The Bertz CT molecular complexity index is 3000. The molecule has 2 heterocycles. The maximum atomic E-state index is 14.8. The molecule has 0 unspecified atom stereocenters. The summed E-state index contributed by atoms with van der Waals surface area (Å²) in [5, 5.41) is 30.9. The Balaban J connectivity index is 1.58. The average molecular weight is 1360 g/mol. The van der Waals surface area contributed by atoms with E-state index in [9.17, 15) is 67.4 Å². The fraction of sp³-hybridized carbons (Fsp3) is 0.594. The monoisotopic (exact) mass is 1360 g/mol. The van der Waals surface area contributed by atoms with Gasteiger partial charge in [-0.3, -0.25) is 67.3 Å². The number of aliphatic imine (C=N–C) groups is 1. The molecule has 0 aromatic heterocycles. The SMILES string of the molecule is CSCC[C@H](NC(=O)[C@H](CC(C)C)NC(=O)CNC(=O)[C@@H](NC(=O)[C@H](Cc1ccccc1)NC(=O)[C@H](CCC(N)=O)NC(=O)[C@H](CCC(=O)O)NC(=O)[C@@H]1CCCN1C(=O)[C@H](CCCCN)NC(=O)[C@@H]1CCCN1C(=O)[C@@H](N)CCCN=C(N)N)[C@@H](C)c1ccccc1)C(N)=O. The molecule has 96 heavy (non-hydrogen) atoms. The third kappa shape index (κ3) is 26.7. The minimum Gasteiger partial charge on any atom is -0.481 e. The van der Waals surface area contributed by atoms with Crippen molar-refractivity contribution >= 4 is 94.6 Å². The van der Waals surface area contributed by atoms with Crippen LogP contribution in [0.15, 0.2) is 65.7 Å². The fourth-order valence-corrected chi connectivity index (χ4v) is 11.8. The number of hydrogen-bond donors (Lipinski definition) is 15. The molecule has 530 valence electrons. The molecule has 31 nitrogen and oxygen atoms in total. The van der Waals surface area contributed by atoms with Crippen molar-refractivity contribution in [3.8, 4) is 0 Å². The van der Waals surface area contributed by atoms with Crippen LogP contribution in [-0.4, -0.2) is 203 Å². The predicted octanol–water partition coefficient (Wildman–Crippen LogP) is -2.55. The summed E-state index contributed by atoms with van der Waals surface area (Å²) in [4.78, 5) is 185. The number of unbranched alkanes of at least 4 members (excludes halogenated alkanes) is 1. The Kier molecular flexibility index (Phi) is 34.1. The van der Waals surface area contributed by atoms with Gasteiger partial charge in [-0.2, -0.15) is 11.8 Å². The van der Waals surface area contributed by atoms with Gasteiger partial charge in [0.2, 0.25) is 70.9 Å². The van der Waals surface area contributed by atoms with Gasteiger partial charge in [-0.1, -0.05) is 81.4 Å². The summed E-state index contributed by atoms with van der Waals surface area (Å²) in [5.74, 6) is -11.3. The van der Waals surface area contributed by atoms with Crippen LogP contribution in [0.3, 0.4) is 0 Å². The van der Waals surface area contributed by atoms with Gasteiger partial charge < -0.3 is 91.8 Å². The lowest BCUT2D eigenvalue weighted by Crippen LogP contribution is -2.60. The van der Waals surface area contributed by atoms with Crippen LogP contribution < -0.4 is 76.9 Å². The van der Waals surface area contributed by atoms with E-state index in [1.54, 1.807) is 67.6 Å². The molecule has 0 bridgehead atoms. The fourth-order valence-electron chi connectivity index (χ4n) is 11.3. The summed E-state index contributed by atoms with van der Waals surface area (Å²) in [6.07, 6.45) is 2.69. The number of rotatable bonds is 42. The molecular weight excluding hydrogens is 1260 g/mol. The number of hydrogen-bond acceptors (Lipinski definition) is 17. The lowest BCUT2D eigenvalue weighted by atomic mass is 9.92. The highest BCUT2D eigenvalue weighted by molar-refractivity contribution is 7.98. The van der Waals surface area contributed by atoms with Crippen molar-refractivity contribution in [2.45, 2.75) is 190 Å². The molecule has 2 saturated heterocycles. The van der Waals surface area contributed by atoms with Crippen molar-refractivity contribution < 1.29 is 67.4 Å². The zero-order valence-electron chi connectivity index (χ0n) is 55.2. The van der Waals surface area contributed by atoms with Crippen molar-refractivity contribution in [1.82, 2.24) is 52.3 Å². The first-order valence-corrected chi connectivity index (χ1v) is 33.9. The summed E-state index contributed by atoms with van der Waals surface area (Å²) >= 11 is 1.45. The zero-order valence-corrected chi connectivity index (χ0v) is 56.0. The minimum atomic E-state index is -1.68. The number of carbonyl (C=O) groups excluding carboxylic acids is 12. The van der Waals surface area contributed by atoms with Crippen LogP contribution in [0.5, 0.6) is 0 Å². The van der Waals surface area contributed by atoms with Gasteiger partial charge >= 0.3 is 5.97 Å². The summed E-state index contributed by atoms with van der Waals surface area (Å²) in [6, 6.07) is 4.23. The number of aliphatic carboxylic acids is 1. The highest BCUT2D eigenvalue weighted by Gasteiger charge is 2.43. The summed E-state index contributed by atoms with van der Waals surface area (Å²) < 4.78 is 0. The Morgan fingerprint density at radius 3 is 1.70 bits per heavy atom. The number of nitrogens with one attached hydrogen (secondary N) is 8. The molecule has 2 fully saturated rings. The second kappa shape index (κ2) is 41.1. The maximum absolute atomic E-state index is 14.8. The van der Waals surface area contributed by atoms with Crippen LogP contribution in [0.25, 0.3) is 0 Å². The number of guanidine groups is 1. The number of nitrogens with zero attached hydrogens (tertiary/aromatic N) is 3. The van der Waals surface area contributed by atoms with E-state index in [4.69, 9.17) is 34.4 Å². The van der Waals surface area contributed by atoms with Gasteiger partial charge in [-0.05, 0) is 119 Å². The first-order chi connectivity index (χ1) is 45.6. The molecule has 2 aromatic carbocycles. The maximum Gasteiger partial charge on any atom is 0.303 e. The Morgan fingerprint density at radius 2 is 1.14 bits per heavy atom. The van der Waals surface area contributed by atoms with Crippen LogP contribution in [0.2, 0.25) is 0 Å². The number of carbonyl (C=O) groups is 13. The van der Waals surface area contributed by atoms with Crippen LogP contribution >= 0.6 is 11.8 Å². The molecule has 0 spiro atoms. The van der Waals surface area contributed by atoms with Gasteiger partial charge in [0, 0.05) is 44.8 Å². The molecule has 32 heteroatoms. The number of thioether (sulfide) groups is 1. The van der Waals surface area contributed by atoms with E-state index < -0.39 is 175 Å². The van der Waals surface area contributed by atoms with Crippen molar-refractivity contribution in [2.24, 2.45) is 45.3 Å². The van der Waals surface area contributed by atoms with Crippen molar-refractivity contribution in [3.63, 3.8) is 0 Å². The van der Waals surface area contributed by atoms with Crippen molar-refractivity contribution in [2.75, 3.05) is 44.7 Å². The van der Waals surface area contributed by atoms with Gasteiger partial charge in [-0.25, -0.2) is 0 Å². The minimum absolute atomic E-state index is 0.0525. The Morgan fingerprint density at radius 1 is 0.594 bits per heavy atom. The van der Waals surface area contributed by atoms with E-state index in [0.717, 1.165) is 0 Å². The third-order valence-corrected chi connectivity index (χ3v) is 17.1. The topological polar surface area (TPSA) is 513 Å². The largest absolute Gasteiger partial charge is 0.481 e. The molecule has 4 rings (SSSR count). The predicted molar refractivity (Wildman–Crippen MR) is 359 cm³/mol. The first-order valence-electron chi connectivity index (χ1n) is 32.5. The van der Waals surface area contributed by atoms with Crippen molar-refractivity contribution in [3.05, 3.63) is 71.8 Å². The number of likely N-dealkylation sites (tertiary alicyclic amines) is 2. The van der Waals surface area contributed by atoms with E-state index in [2.05, 4.69) is 47.5 Å². The number of carboxylic acid groups (broad SMARTS) is 1. The molecule has 0 saturated carbocycles. The molecule has 0 aliphatic carbocycles. The average Bonchev–Trinajstić information content (AvgIpc) is 2.01. The van der Waals surface area contributed by atoms with Crippen LogP contribution in [0, 0.1) is 5.92 Å². The van der Waals surface area contributed by atoms with E-state index in [-0.39, 0.29) is 76.6 Å². The molecular formula is C64H99N17O14S. The molecule has 11 atom stereocenters. The van der Waals surface area contributed by atoms with Crippen molar-refractivity contribution in [1.29, 1.82) is 0 Å². The standard InChI is InChI=1S/C64H99N17O14S/c1-37(2)34-46(57(89)74-42(54(68)86)28-33-96-4)73-51(83)36-72-61(93)53(38(3)40-18-9-6-10-19-40)79-58(90)47(35-39-16-7-5-8-17-39)78-56(88)43(24-26-50(67)82)75-55(87)44(25-27-52(84)85)76-59(91)49-23-15-32-81(49)63(95)45(21-11-12-29-65)77-60(92)48-22-14-31-80(48)62(94)41(66)20-13-30-71-64(69)70/h5-10,16-19,37-38,41-49,53H,11-15,20-36,65-66H2,1-4H3,(H2,67,82)(H2,68,86)(H,72,93)(H,73,83)(H,74,89)(H,75,87)(H,76,91)(H,77,92)(H,78,88)(H,79,90)(H,84,85)(H4,69,70,71)/t38-,41-,42-,43-,44-,45-,46-,47-,48-,49-,53-/m0/s1. The number of amides is 12. The molecule has 2 aliphatic heterocycles. The molecule has 2 aromatic rings. The second-order valence-electron chi connectivity index (χ2n) is 24.5. The Labute approximate surface area is 563 Å². The highest BCUT2D eigenvalue weighted by atomic mass is 32.2. The second-order valence-corrected chi connectivity index (χ2v) is 25.5. The molecule has 12 amide bonds. The number of carboxylic acids is 1. The number of nitrogens with two attached hydrogens (primary N) is 6. The normalized spacial score (nSPS) is 17.1. The van der Waals surface area contributed by atoms with Gasteiger partial charge in [-0.15, -0.1) is 0 Å². The highest BCUT2D eigenvalue weighted by Crippen LogP contribution is 2.24. The lowest BCUT2D eigenvalue weighted by molar-refractivity contribution is -0.144. The van der Waals surface area contributed by atoms with Crippen LogP contribution in [0.4, 0.5) is 0 Å². The molecule has 0 radical (unpaired) electrons.